The highest BCUT2D eigenvalue weighted by atomic mass is 35.5. The Kier molecular flexibility index (Phi) is 2.47. The monoisotopic (exact) mass is 198 g/mol. The highest BCUT2D eigenvalue weighted by Gasteiger charge is 2.20. The van der Waals surface area contributed by atoms with E-state index in [4.69, 9.17) is 16.3 Å². The lowest BCUT2D eigenvalue weighted by Crippen LogP contribution is -2.05. The molecule has 1 atom stereocenters. The molecule has 13 heavy (non-hydrogen) atoms. The SMILES string of the molecule is Cc1cc(Cl)nc(C2CCOC2)n1. The summed E-state index contributed by atoms with van der Waals surface area (Å²) >= 11 is 5.84. The Morgan fingerprint density at radius 3 is 3.00 bits per heavy atom. The van der Waals surface area contributed by atoms with Crippen LogP contribution < -0.4 is 0 Å². The zero-order valence-electron chi connectivity index (χ0n) is 7.46. The van der Waals surface area contributed by atoms with Gasteiger partial charge in [0.15, 0.2) is 0 Å². The third-order valence-electron chi connectivity index (χ3n) is 2.14. The molecule has 70 valence electrons. The van der Waals surface area contributed by atoms with Crippen LogP contribution in [0.1, 0.15) is 23.9 Å². The molecular formula is C9H11ClN2O. The highest BCUT2D eigenvalue weighted by molar-refractivity contribution is 6.29. The Morgan fingerprint density at radius 1 is 1.54 bits per heavy atom. The largest absolute Gasteiger partial charge is 0.381 e. The maximum absolute atomic E-state index is 5.84. The van der Waals surface area contributed by atoms with Crippen LogP contribution in [0.5, 0.6) is 0 Å². The zero-order valence-corrected chi connectivity index (χ0v) is 8.21. The number of aryl methyl sites for hydroxylation is 1. The summed E-state index contributed by atoms with van der Waals surface area (Å²) in [5.74, 6) is 1.15. The molecule has 1 unspecified atom stereocenters. The van der Waals surface area contributed by atoms with Crippen LogP contribution in [0, 0.1) is 6.92 Å². The highest BCUT2D eigenvalue weighted by Crippen LogP contribution is 2.23. The van der Waals surface area contributed by atoms with Gasteiger partial charge in [-0.05, 0) is 19.4 Å². The number of aromatic nitrogens is 2. The van der Waals surface area contributed by atoms with Crippen molar-refractivity contribution in [2.24, 2.45) is 0 Å². The van der Waals surface area contributed by atoms with Gasteiger partial charge >= 0.3 is 0 Å². The van der Waals surface area contributed by atoms with Crippen molar-refractivity contribution in [3.63, 3.8) is 0 Å². The first-order valence-corrected chi connectivity index (χ1v) is 4.72. The second kappa shape index (κ2) is 3.60. The molecule has 0 saturated carbocycles. The topological polar surface area (TPSA) is 35.0 Å². The minimum atomic E-state index is 0.331. The predicted molar refractivity (Wildman–Crippen MR) is 50.0 cm³/mol. The Hall–Kier alpha value is -0.670. The van der Waals surface area contributed by atoms with E-state index in [1.54, 1.807) is 6.07 Å². The second-order valence-electron chi connectivity index (χ2n) is 3.25. The molecule has 0 aromatic carbocycles. The summed E-state index contributed by atoms with van der Waals surface area (Å²) in [7, 11) is 0. The maximum atomic E-state index is 5.84. The standard InChI is InChI=1S/C9H11ClN2O/c1-6-4-8(10)12-9(11-6)7-2-3-13-5-7/h4,7H,2-3,5H2,1H3. The minimum absolute atomic E-state index is 0.331. The average Bonchev–Trinajstić information content (AvgIpc) is 2.53. The molecular weight excluding hydrogens is 188 g/mol. The van der Waals surface area contributed by atoms with Crippen LogP contribution in [0.2, 0.25) is 5.15 Å². The maximum Gasteiger partial charge on any atom is 0.135 e. The lowest BCUT2D eigenvalue weighted by atomic mass is 10.1. The molecule has 1 aromatic heterocycles. The Morgan fingerprint density at radius 2 is 2.38 bits per heavy atom. The van der Waals surface area contributed by atoms with Gasteiger partial charge < -0.3 is 4.74 Å². The van der Waals surface area contributed by atoms with Crippen LogP contribution in [-0.2, 0) is 4.74 Å². The van der Waals surface area contributed by atoms with Crippen molar-refractivity contribution in [1.29, 1.82) is 0 Å². The molecule has 4 heteroatoms. The zero-order chi connectivity index (χ0) is 9.26. The normalized spacial score (nSPS) is 22.2. The van der Waals surface area contributed by atoms with Gasteiger partial charge in [-0.3, -0.25) is 0 Å². The molecule has 1 aromatic rings. The molecule has 1 fully saturated rings. The minimum Gasteiger partial charge on any atom is -0.381 e. The van der Waals surface area contributed by atoms with Crippen LogP contribution in [0.4, 0.5) is 0 Å². The summed E-state index contributed by atoms with van der Waals surface area (Å²) in [5.41, 5.74) is 0.918. The molecule has 2 heterocycles. The first-order valence-electron chi connectivity index (χ1n) is 4.34. The van der Waals surface area contributed by atoms with E-state index in [1.807, 2.05) is 6.92 Å². The van der Waals surface area contributed by atoms with E-state index < -0.39 is 0 Å². The van der Waals surface area contributed by atoms with Crippen LogP contribution in [0.3, 0.4) is 0 Å². The molecule has 3 nitrogen and oxygen atoms in total. The van der Waals surface area contributed by atoms with E-state index >= 15 is 0 Å². The molecule has 0 bridgehead atoms. The van der Waals surface area contributed by atoms with Gasteiger partial charge in [0.1, 0.15) is 11.0 Å². The second-order valence-corrected chi connectivity index (χ2v) is 3.64. The van der Waals surface area contributed by atoms with Crippen molar-refractivity contribution in [1.82, 2.24) is 9.97 Å². The summed E-state index contributed by atoms with van der Waals surface area (Å²) in [5, 5.41) is 0.523. The summed E-state index contributed by atoms with van der Waals surface area (Å²) in [6.07, 6.45) is 1.000. The van der Waals surface area contributed by atoms with Crippen molar-refractivity contribution in [3.05, 3.63) is 22.7 Å². The number of nitrogens with zero attached hydrogens (tertiary/aromatic N) is 2. The lowest BCUT2D eigenvalue weighted by molar-refractivity contribution is 0.193. The first-order chi connectivity index (χ1) is 6.25. The molecule has 1 aliphatic heterocycles. The van der Waals surface area contributed by atoms with Gasteiger partial charge in [0, 0.05) is 18.2 Å². The Bertz CT molecular complexity index is 290. The third-order valence-corrected chi connectivity index (χ3v) is 2.33. The number of hydrogen-bond acceptors (Lipinski definition) is 3. The van der Waals surface area contributed by atoms with E-state index in [9.17, 15) is 0 Å². The third kappa shape index (κ3) is 1.98. The fraction of sp³-hybridized carbons (Fsp3) is 0.556. The summed E-state index contributed by atoms with van der Waals surface area (Å²) in [6.45, 7) is 3.45. The predicted octanol–water partition coefficient (Wildman–Crippen LogP) is 1.94. The smallest absolute Gasteiger partial charge is 0.135 e. The Balaban J connectivity index is 2.28. The molecule has 1 saturated heterocycles. The number of rotatable bonds is 1. The fourth-order valence-corrected chi connectivity index (χ4v) is 1.72. The average molecular weight is 199 g/mol. The number of ether oxygens (including phenoxy) is 1. The van der Waals surface area contributed by atoms with Gasteiger partial charge in [0.05, 0.1) is 6.61 Å². The first kappa shape index (κ1) is 8.91. The molecule has 0 radical (unpaired) electrons. The van der Waals surface area contributed by atoms with Gasteiger partial charge in [-0.25, -0.2) is 9.97 Å². The van der Waals surface area contributed by atoms with E-state index in [1.165, 1.54) is 0 Å². The van der Waals surface area contributed by atoms with Gasteiger partial charge in [0.25, 0.3) is 0 Å². The van der Waals surface area contributed by atoms with E-state index in [0.29, 0.717) is 11.1 Å². The summed E-state index contributed by atoms with van der Waals surface area (Å²) in [6, 6.07) is 1.76. The van der Waals surface area contributed by atoms with Crippen molar-refractivity contribution >= 4 is 11.6 Å². The fourth-order valence-electron chi connectivity index (χ4n) is 1.47. The van der Waals surface area contributed by atoms with Crippen molar-refractivity contribution in [2.45, 2.75) is 19.3 Å². The number of halogens is 1. The van der Waals surface area contributed by atoms with Crippen LogP contribution in [0.25, 0.3) is 0 Å². The summed E-state index contributed by atoms with van der Waals surface area (Å²) < 4.78 is 5.27. The number of hydrogen-bond donors (Lipinski definition) is 0. The Labute approximate surface area is 82.1 Å². The quantitative estimate of drug-likeness (QED) is 0.647. The van der Waals surface area contributed by atoms with Crippen LogP contribution in [-0.4, -0.2) is 23.2 Å². The molecule has 1 aliphatic rings. The van der Waals surface area contributed by atoms with Gasteiger partial charge in [0.2, 0.25) is 0 Å². The van der Waals surface area contributed by atoms with E-state index in [2.05, 4.69) is 9.97 Å². The van der Waals surface area contributed by atoms with E-state index in [0.717, 1.165) is 31.2 Å². The van der Waals surface area contributed by atoms with Gasteiger partial charge in [-0.1, -0.05) is 11.6 Å². The van der Waals surface area contributed by atoms with Crippen LogP contribution in [0.15, 0.2) is 6.07 Å². The van der Waals surface area contributed by atoms with Crippen molar-refractivity contribution in [3.8, 4) is 0 Å². The van der Waals surface area contributed by atoms with Gasteiger partial charge in [-0.15, -0.1) is 0 Å². The molecule has 2 rings (SSSR count). The molecule has 0 aliphatic carbocycles. The van der Waals surface area contributed by atoms with Crippen molar-refractivity contribution < 1.29 is 4.74 Å². The lowest BCUT2D eigenvalue weighted by Gasteiger charge is -2.06. The van der Waals surface area contributed by atoms with Crippen molar-refractivity contribution in [2.75, 3.05) is 13.2 Å². The molecule has 0 spiro atoms. The molecule has 0 amide bonds. The molecule has 0 N–H and O–H groups in total. The van der Waals surface area contributed by atoms with Crippen LogP contribution >= 0.6 is 11.6 Å². The van der Waals surface area contributed by atoms with Gasteiger partial charge in [-0.2, -0.15) is 0 Å². The summed E-state index contributed by atoms with van der Waals surface area (Å²) in [4.78, 5) is 8.53. The van der Waals surface area contributed by atoms with E-state index in [-0.39, 0.29) is 0 Å².